The number of para-hydroxylation sites is 2. The van der Waals surface area contributed by atoms with Crippen molar-refractivity contribution >= 4 is 11.5 Å². The highest BCUT2D eigenvalue weighted by atomic mass is 16.5. The van der Waals surface area contributed by atoms with E-state index in [1.807, 2.05) is 42.5 Å². The van der Waals surface area contributed by atoms with E-state index in [1.54, 1.807) is 12.1 Å². The Kier molecular flexibility index (Phi) is 4.99. The van der Waals surface area contributed by atoms with Crippen molar-refractivity contribution in [3.8, 4) is 11.5 Å². The second kappa shape index (κ2) is 7.14. The Morgan fingerprint density at radius 3 is 2.29 bits per heavy atom. The molecule has 0 bridgehead atoms. The summed E-state index contributed by atoms with van der Waals surface area (Å²) in [6.07, 6.45) is 1.35. The molecule has 4 nitrogen and oxygen atoms in total. The molecule has 0 aliphatic rings. The molecule has 2 rings (SSSR count). The first-order valence-corrected chi connectivity index (χ1v) is 6.40. The summed E-state index contributed by atoms with van der Waals surface area (Å²) in [4.78, 5) is 11.9. The van der Waals surface area contributed by atoms with Gasteiger partial charge in [-0.15, -0.1) is 0 Å². The van der Waals surface area contributed by atoms with Crippen molar-refractivity contribution in [2.75, 3.05) is 14.2 Å². The van der Waals surface area contributed by atoms with Crippen LogP contribution in [0.4, 0.5) is 0 Å². The van der Waals surface area contributed by atoms with E-state index in [4.69, 9.17) is 14.2 Å². The van der Waals surface area contributed by atoms with Crippen molar-refractivity contribution in [3.05, 3.63) is 66.4 Å². The maximum Gasteiger partial charge on any atom is 0.341 e. The molecule has 0 fully saturated rings. The molecule has 0 unspecified atom stereocenters. The van der Waals surface area contributed by atoms with E-state index >= 15 is 0 Å². The van der Waals surface area contributed by atoms with Crippen LogP contribution < -0.4 is 4.74 Å². The third kappa shape index (κ3) is 3.63. The number of hydrogen-bond donors (Lipinski definition) is 0. The molecule has 0 aromatic heterocycles. The minimum absolute atomic E-state index is 0.298. The smallest absolute Gasteiger partial charge is 0.341 e. The van der Waals surface area contributed by atoms with Crippen molar-refractivity contribution < 1.29 is 19.0 Å². The van der Waals surface area contributed by atoms with Crippen molar-refractivity contribution in [1.29, 1.82) is 0 Å². The largest absolute Gasteiger partial charge is 0.503 e. The van der Waals surface area contributed by atoms with Crippen LogP contribution in [0.25, 0.3) is 5.57 Å². The zero-order chi connectivity index (χ0) is 15.1. The third-order valence-corrected chi connectivity index (χ3v) is 2.79. The van der Waals surface area contributed by atoms with Gasteiger partial charge in [0.1, 0.15) is 17.1 Å². The second-order valence-electron chi connectivity index (χ2n) is 4.17. The van der Waals surface area contributed by atoms with E-state index in [9.17, 15) is 4.79 Å². The molecule has 108 valence electrons. The molecule has 0 atom stereocenters. The van der Waals surface area contributed by atoms with E-state index in [2.05, 4.69) is 0 Å². The molecule has 0 heterocycles. The molecule has 4 heteroatoms. The van der Waals surface area contributed by atoms with E-state index in [1.165, 1.54) is 20.5 Å². The lowest BCUT2D eigenvalue weighted by Gasteiger charge is -2.12. The normalized spacial score (nSPS) is 10.9. The van der Waals surface area contributed by atoms with Crippen molar-refractivity contribution in [1.82, 2.24) is 0 Å². The van der Waals surface area contributed by atoms with E-state index in [0.717, 1.165) is 0 Å². The summed E-state index contributed by atoms with van der Waals surface area (Å²) in [5.41, 5.74) is 0.904. The minimum atomic E-state index is -0.485. The zero-order valence-electron chi connectivity index (χ0n) is 11.9. The monoisotopic (exact) mass is 284 g/mol. The summed E-state index contributed by atoms with van der Waals surface area (Å²) in [7, 11) is 2.80. The number of ether oxygens (including phenoxy) is 3. The summed E-state index contributed by atoms with van der Waals surface area (Å²) in [6.45, 7) is 0. The molecule has 0 amide bonds. The molecule has 0 aliphatic carbocycles. The van der Waals surface area contributed by atoms with E-state index in [-0.39, 0.29) is 0 Å². The maximum atomic E-state index is 11.9. The minimum Gasteiger partial charge on any atom is -0.503 e. The van der Waals surface area contributed by atoms with Crippen LogP contribution in [0, 0.1) is 0 Å². The summed E-state index contributed by atoms with van der Waals surface area (Å²) in [5.74, 6) is 0.755. The van der Waals surface area contributed by atoms with E-state index < -0.39 is 5.97 Å². The second-order valence-corrected chi connectivity index (χ2v) is 4.17. The van der Waals surface area contributed by atoms with Gasteiger partial charge in [0.2, 0.25) is 0 Å². The molecule has 2 aromatic carbocycles. The van der Waals surface area contributed by atoms with Gasteiger partial charge in [-0.25, -0.2) is 4.79 Å². The molecule has 0 N–H and O–H groups in total. The van der Waals surface area contributed by atoms with Crippen molar-refractivity contribution in [3.63, 3.8) is 0 Å². The average Bonchev–Trinajstić information content (AvgIpc) is 2.54. The Morgan fingerprint density at radius 1 is 0.952 bits per heavy atom. The van der Waals surface area contributed by atoms with Gasteiger partial charge in [0.15, 0.2) is 0 Å². The van der Waals surface area contributed by atoms with Crippen LogP contribution >= 0.6 is 0 Å². The topological polar surface area (TPSA) is 44.8 Å². The first kappa shape index (κ1) is 14.7. The fraction of sp³-hybridized carbons (Fsp3) is 0.118. The van der Waals surface area contributed by atoms with Crippen LogP contribution in [0.5, 0.6) is 11.5 Å². The lowest BCUT2D eigenvalue weighted by atomic mass is 10.1. The molecule has 0 radical (unpaired) electrons. The predicted molar refractivity (Wildman–Crippen MR) is 80.0 cm³/mol. The Hall–Kier alpha value is -2.75. The molecule has 0 aliphatic heterocycles. The fourth-order valence-electron chi connectivity index (χ4n) is 1.84. The summed E-state index contributed by atoms with van der Waals surface area (Å²) >= 11 is 0. The summed E-state index contributed by atoms with van der Waals surface area (Å²) in [6, 6.07) is 16.6. The third-order valence-electron chi connectivity index (χ3n) is 2.79. The number of benzene rings is 2. The van der Waals surface area contributed by atoms with Crippen molar-refractivity contribution in [2.45, 2.75) is 0 Å². The fourth-order valence-corrected chi connectivity index (χ4v) is 1.84. The quantitative estimate of drug-likeness (QED) is 0.477. The molecular weight excluding hydrogens is 268 g/mol. The van der Waals surface area contributed by atoms with Gasteiger partial charge in [0, 0.05) is 5.56 Å². The van der Waals surface area contributed by atoms with Crippen LogP contribution in [-0.2, 0) is 14.3 Å². The summed E-state index contributed by atoms with van der Waals surface area (Å²) < 4.78 is 15.6. The molecule has 0 saturated heterocycles. The van der Waals surface area contributed by atoms with Crippen LogP contribution in [-0.4, -0.2) is 20.2 Å². The first-order valence-electron chi connectivity index (χ1n) is 6.40. The van der Waals surface area contributed by atoms with Gasteiger partial charge in [0.05, 0.1) is 20.5 Å². The van der Waals surface area contributed by atoms with Crippen LogP contribution in [0.2, 0.25) is 0 Å². The number of carbonyl (C=O) groups is 1. The Labute approximate surface area is 123 Å². The number of esters is 1. The number of rotatable bonds is 5. The number of methoxy groups -OCH3 is 2. The molecule has 2 aromatic rings. The van der Waals surface area contributed by atoms with Gasteiger partial charge in [-0.3, -0.25) is 0 Å². The Balaban J connectivity index is 2.40. The van der Waals surface area contributed by atoms with Gasteiger partial charge in [-0.05, 0) is 18.2 Å². The van der Waals surface area contributed by atoms with Gasteiger partial charge >= 0.3 is 5.97 Å². The first-order chi connectivity index (χ1) is 10.3. The average molecular weight is 284 g/mol. The van der Waals surface area contributed by atoms with Gasteiger partial charge in [-0.1, -0.05) is 36.4 Å². The molecule has 0 saturated carbocycles. The number of hydrogen-bond acceptors (Lipinski definition) is 4. The molecule has 21 heavy (non-hydrogen) atoms. The highest BCUT2D eigenvalue weighted by molar-refractivity contribution is 6.17. The van der Waals surface area contributed by atoms with Gasteiger partial charge < -0.3 is 14.2 Å². The Bertz CT molecular complexity index is 632. The SMILES string of the molecule is COC=C(C(=O)OC)c1ccccc1Oc1ccccc1. The van der Waals surface area contributed by atoms with Gasteiger partial charge in [0.25, 0.3) is 0 Å². The predicted octanol–water partition coefficient (Wildman–Crippen LogP) is 3.64. The zero-order valence-corrected chi connectivity index (χ0v) is 11.9. The summed E-state index contributed by atoms with van der Waals surface area (Å²) in [5, 5.41) is 0. The highest BCUT2D eigenvalue weighted by Crippen LogP contribution is 2.30. The number of carbonyl (C=O) groups excluding carboxylic acids is 1. The van der Waals surface area contributed by atoms with Crippen LogP contribution in [0.1, 0.15) is 5.56 Å². The molecular formula is C17H16O4. The molecule has 0 spiro atoms. The Morgan fingerprint density at radius 2 is 1.62 bits per heavy atom. The van der Waals surface area contributed by atoms with Crippen LogP contribution in [0.15, 0.2) is 60.9 Å². The highest BCUT2D eigenvalue weighted by Gasteiger charge is 2.17. The standard InChI is InChI=1S/C17H16O4/c1-19-12-15(17(18)20-2)14-10-6-7-11-16(14)21-13-8-4-3-5-9-13/h3-12H,1-2H3. The van der Waals surface area contributed by atoms with Gasteiger partial charge in [-0.2, -0.15) is 0 Å². The van der Waals surface area contributed by atoms with Crippen LogP contribution in [0.3, 0.4) is 0 Å². The van der Waals surface area contributed by atoms with E-state index in [0.29, 0.717) is 22.6 Å². The van der Waals surface area contributed by atoms with Crippen molar-refractivity contribution in [2.24, 2.45) is 0 Å². The maximum absolute atomic E-state index is 11.9. The lowest BCUT2D eigenvalue weighted by molar-refractivity contribution is -0.133. The lowest BCUT2D eigenvalue weighted by Crippen LogP contribution is -2.05.